The van der Waals surface area contributed by atoms with Crippen molar-refractivity contribution in [3.8, 4) is 5.75 Å². The van der Waals surface area contributed by atoms with Gasteiger partial charge in [-0.15, -0.1) is 0 Å². The lowest BCUT2D eigenvalue weighted by atomic mass is 9.95. The number of carbonyl (C=O) groups is 2. The largest absolute Gasteiger partial charge is 0.507 e. The first-order valence-electron chi connectivity index (χ1n) is 12.2. The van der Waals surface area contributed by atoms with E-state index in [0.29, 0.717) is 31.0 Å². The smallest absolute Gasteiger partial charge is 0.295 e. The highest BCUT2D eigenvalue weighted by atomic mass is 16.5. The number of amides is 1. The number of Topliss-reactive ketones (excluding diaryl/α,β-unsaturated/α-hetero) is 1. The van der Waals surface area contributed by atoms with Gasteiger partial charge in [-0.3, -0.25) is 9.59 Å². The zero-order valence-corrected chi connectivity index (χ0v) is 20.7. The molecule has 0 saturated carbocycles. The lowest BCUT2D eigenvalue weighted by Crippen LogP contribution is -2.38. The fourth-order valence-electron chi connectivity index (χ4n) is 4.22. The first-order chi connectivity index (χ1) is 16.4. The molecule has 0 spiro atoms. The van der Waals surface area contributed by atoms with Crippen molar-refractivity contribution in [1.29, 1.82) is 0 Å². The summed E-state index contributed by atoms with van der Waals surface area (Å²) in [5.41, 5.74) is 2.44. The number of benzene rings is 2. The molecule has 1 atom stereocenters. The van der Waals surface area contributed by atoms with Gasteiger partial charge in [0.25, 0.3) is 11.7 Å². The summed E-state index contributed by atoms with van der Waals surface area (Å²) < 4.78 is 5.89. The molecule has 3 rings (SSSR count). The molecule has 1 saturated heterocycles. The Morgan fingerprint density at radius 1 is 1.06 bits per heavy atom. The van der Waals surface area contributed by atoms with E-state index < -0.39 is 17.7 Å². The molecule has 6 heteroatoms. The van der Waals surface area contributed by atoms with Crippen molar-refractivity contribution in [2.24, 2.45) is 0 Å². The van der Waals surface area contributed by atoms with Crippen LogP contribution in [0.5, 0.6) is 5.75 Å². The van der Waals surface area contributed by atoms with Crippen LogP contribution in [-0.4, -0.2) is 59.4 Å². The van der Waals surface area contributed by atoms with Crippen molar-refractivity contribution < 1.29 is 19.4 Å². The summed E-state index contributed by atoms with van der Waals surface area (Å²) in [7, 11) is 0. The second-order valence-electron chi connectivity index (χ2n) is 8.66. The predicted octanol–water partition coefficient (Wildman–Crippen LogP) is 4.94. The number of aliphatic hydroxyl groups excluding tert-OH is 1. The zero-order valence-electron chi connectivity index (χ0n) is 20.7. The summed E-state index contributed by atoms with van der Waals surface area (Å²) in [6.45, 7) is 11.6. The molecule has 0 aromatic heterocycles. The Morgan fingerprint density at radius 2 is 1.76 bits per heavy atom. The topological polar surface area (TPSA) is 70.1 Å². The van der Waals surface area contributed by atoms with E-state index >= 15 is 0 Å². The van der Waals surface area contributed by atoms with Gasteiger partial charge in [0.05, 0.1) is 18.2 Å². The average molecular weight is 465 g/mol. The third-order valence-electron chi connectivity index (χ3n) is 6.36. The van der Waals surface area contributed by atoms with E-state index in [1.165, 1.54) is 0 Å². The number of carbonyl (C=O) groups excluding carboxylic acids is 2. The first-order valence-corrected chi connectivity index (χ1v) is 12.2. The third-order valence-corrected chi connectivity index (χ3v) is 6.36. The van der Waals surface area contributed by atoms with Gasteiger partial charge in [0.15, 0.2) is 0 Å². The third kappa shape index (κ3) is 5.68. The van der Waals surface area contributed by atoms with Crippen molar-refractivity contribution in [1.82, 2.24) is 9.80 Å². The number of likely N-dealkylation sites (tertiary alicyclic amines) is 1. The van der Waals surface area contributed by atoms with Crippen LogP contribution in [0, 0.1) is 6.92 Å². The molecule has 0 radical (unpaired) electrons. The molecule has 1 amide bonds. The van der Waals surface area contributed by atoms with Crippen molar-refractivity contribution in [2.45, 2.75) is 46.6 Å². The summed E-state index contributed by atoms with van der Waals surface area (Å²) in [5.74, 6) is -0.690. The minimum Gasteiger partial charge on any atom is -0.507 e. The van der Waals surface area contributed by atoms with Crippen molar-refractivity contribution in [2.75, 3.05) is 32.8 Å². The number of rotatable bonds is 11. The highest BCUT2D eigenvalue weighted by molar-refractivity contribution is 6.46. The Labute approximate surface area is 202 Å². The van der Waals surface area contributed by atoms with Crippen LogP contribution in [0.25, 0.3) is 5.76 Å². The molecule has 0 bridgehead atoms. The van der Waals surface area contributed by atoms with Gasteiger partial charge in [-0.1, -0.05) is 69.2 Å². The van der Waals surface area contributed by atoms with E-state index in [1.807, 2.05) is 43.3 Å². The van der Waals surface area contributed by atoms with Gasteiger partial charge in [0, 0.05) is 18.7 Å². The molecule has 1 unspecified atom stereocenters. The molecular formula is C28H36N2O4. The number of nitrogens with zero attached hydrogens (tertiary/aromatic N) is 2. The molecule has 1 fully saturated rings. The number of aryl methyl sites for hydroxylation is 1. The Hall–Kier alpha value is -3.12. The second-order valence-corrected chi connectivity index (χ2v) is 8.66. The number of ketones is 1. The van der Waals surface area contributed by atoms with Gasteiger partial charge in [0.2, 0.25) is 0 Å². The summed E-state index contributed by atoms with van der Waals surface area (Å²) in [4.78, 5) is 30.2. The summed E-state index contributed by atoms with van der Waals surface area (Å²) in [6, 6.07) is 14.1. The Balaban J connectivity index is 2.06. The van der Waals surface area contributed by atoms with Gasteiger partial charge < -0.3 is 19.6 Å². The van der Waals surface area contributed by atoms with Crippen molar-refractivity contribution in [3.05, 3.63) is 70.8 Å². The van der Waals surface area contributed by atoms with Gasteiger partial charge in [-0.2, -0.15) is 0 Å². The number of ether oxygens (including phenoxy) is 1. The number of unbranched alkanes of at least 4 members (excludes halogenated alkanes) is 1. The van der Waals surface area contributed by atoms with E-state index in [9.17, 15) is 14.7 Å². The van der Waals surface area contributed by atoms with Crippen molar-refractivity contribution >= 4 is 17.4 Å². The minimum atomic E-state index is -0.674. The van der Waals surface area contributed by atoms with Crippen LogP contribution in [0.4, 0.5) is 0 Å². The number of hydrogen-bond acceptors (Lipinski definition) is 5. The summed E-state index contributed by atoms with van der Waals surface area (Å²) in [5, 5.41) is 11.2. The normalized spacial score (nSPS) is 17.6. The van der Waals surface area contributed by atoms with E-state index in [-0.39, 0.29) is 11.3 Å². The lowest BCUT2D eigenvalue weighted by Gasteiger charge is -2.28. The number of aliphatic hydroxyl groups is 1. The summed E-state index contributed by atoms with van der Waals surface area (Å²) in [6.07, 6.45) is 1.97. The maximum Gasteiger partial charge on any atom is 0.295 e. The van der Waals surface area contributed by atoms with Crippen LogP contribution in [0.3, 0.4) is 0 Å². The van der Waals surface area contributed by atoms with E-state index in [4.69, 9.17) is 4.74 Å². The average Bonchev–Trinajstić information content (AvgIpc) is 3.10. The van der Waals surface area contributed by atoms with Gasteiger partial charge in [-0.05, 0) is 44.1 Å². The van der Waals surface area contributed by atoms with Crippen LogP contribution in [-0.2, 0) is 9.59 Å². The lowest BCUT2D eigenvalue weighted by molar-refractivity contribution is -0.140. The molecular weight excluding hydrogens is 428 g/mol. The minimum absolute atomic E-state index is 0.124. The highest BCUT2D eigenvalue weighted by Gasteiger charge is 2.46. The van der Waals surface area contributed by atoms with E-state index in [2.05, 4.69) is 25.7 Å². The molecule has 0 aliphatic carbocycles. The fraction of sp³-hybridized carbons (Fsp3) is 0.429. The van der Waals surface area contributed by atoms with Crippen LogP contribution in [0.15, 0.2) is 54.1 Å². The monoisotopic (exact) mass is 464 g/mol. The van der Waals surface area contributed by atoms with Crippen LogP contribution in [0.1, 0.15) is 56.3 Å². The van der Waals surface area contributed by atoms with Crippen LogP contribution >= 0.6 is 0 Å². The van der Waals surface area contributed by atoms with Crippen LogP contribution in [0.2, 0.25) is 0 Å². The maximum absolute atomic E-state index is 13.2. The number of hydrogen-bond donors (Lipinski definition) is 1. The zero-order chi connectivity index (χ0) is 24.7. The quantitative estimate of drug-likeness (QED) is 0.221. The number of likely N-dealkylation sites (N-methyl/N-ethyl adjacent to an activating group) is 1. The SMILES string of the molecule is CCCCOc1cccc(C2C(=C(O)c3ccc(C)cc3)C(=O)C(=O)N2CCN(CC)CC)c1. The summed E-state index contributed by atoms with van der Waals surface area (Å²) >= 11 is 0. The van der Waals surface area contributed by atoms with Crippen molar-refractivity contribution in [3.63, 3.8) is 0 Å². The molecule has 1 aliphatic heterocycles. The Kier molecular flexibility index (Phi) is 8.88. The van der Waals surface area contributed by atoms with Gasteiger partial charge in [0.1, 0.15) is 11.5 Å². The molecule has 182 valence electrons. The van der Waals surface area contributed by atoms with Gasteiger partial charge in [-0.25, -0.2) is 0 Å². The van der Waals surface area contributed by atoms with Crippen LogP contribution < -0.4 is 4.74 Å². The Morgan fingerprint density at radius 3 is 2.41 bits per heavy atom. The maximum atomic E-state index is 13.2. The molecule has 1 heterocycles. The van der Waals surface area contributed by atoms with E-state index in [1.54, 1.807) is 17.0 Å². The molecule has 1 aliphatic rings. The van der Waals surface area contributed by atoms with Gasteiger partial charge >= 0.3 is 0 Å². The molecule has 1 N–H and O–H groups in total. The molecule has 34 heavy (non-hydrogen) atoms. The Bertz CT molecular complexity index is 1020. The molecule has 2 aromatic carbocycles. The standard InChI is InChI=1S/C28H36N2O4/c1-5-8-18-34-23-11-9-10-22(19-23)25-24(26(31)21-14-12-20(4)13-15-21)27(32)28(33)30(25)17-16-29(6-2)7-3/h9-15,19,25,31H,5-8,16-18H2,1-4H3. The second kappa shape index (κ2) is 11.8. The molecule has 2 aromatic rings. The highest BCUT2D eigenvalue weighted by Crippen LogP contribution is 2.40. The molecule has 6 nitrogen and oxygen atoms in total. The van der Waals surface area contributed by atoms with E-state index in [0.717, 1.165) is 37.1 Å². The predicted molar refractivity (Wildman–Crippen MR) is 135 cm³/mol. The fourth-order valence-corrected chi connectivity index (χ4v) is 4.22. The first kappa shape index (κ1) is 25.5.